The maximum Gasteiger partial charge on any atom is 0.191 e. The molecule has 0 aromatic carbocycles. The summed E-state index contributed by atoms with van der Waals surface area (Å²) in [4.78, 5) is 0. The van der Waals surface area contributed by atoms with Crippen LogP contribution in [0.1, 0.15) is 12.8 Å². The highest BCUT2D eigenvalue weighted by atomic mass is 16.8. The van der Waals surface area contributed by atoms with Crippen LogP contribution in [0.5, 0.6) is 0 Å². The van der Waals surface area contributed by atoms with Gasteiger partial charge in [-0.15, -0.1) is 0 Å². The van der Waals surface area contributed by atoms with Gasteiger partial charge in [-0.25, -0.2) is 0 Å². The minimum Gasteiger partial charge on any atom is -0.352 e. The second kappa shape index (κ2) is 4.38. The van der Waals surface area contributed by atoms with Crippen LogP contribution < -0.4 is 0 Å². The van der Waals surface area contributed by atoms with Gasteiger partial charge in [0.25, 0.3) is 0 Å². The van der Waals surface area contributed by atoms with E-state index in [1.807, 2.05) is 0 Å². The van der Waals surface area contributed by atoms with E-state index >= 15 is 0 Å². The second-order valence-electron chi connectivity index (χ2n) is 2.76. The van der Waals surface area contributed by atoms with Crippen molar-refractivity contribution in [3.05, 3.63) is 12.2 Å². The van der Waals surface area contributed by atoms with Crippen molar-refractivity contribution in [1.82, 2.24) is 0 Å². The third kappa shape index (κ3) is 2.28. The maximum atomic E-state index is 8.44. The summed E-state index contributed by atoms with van der Waals surface area (Å²) < 4.78 is 15.6. The fourth-order valence-electron chi connectivity index (χ4n) is 1.22. The van der Waals surface area contributed by atoms with Gasteiger partial charge in [0, 0.05) is 27.1 Å². The number of rotatable bonds is 4. The fraction of sp³-hybridized carbons (Fsp3) is 0.667. The number of nitrogens with zero attached hydrogens (tertiary/aromatic N) is 1. The van der Waals surface area contributed by atoms with E-state index in [9.17, 15) is 0 Å². The Hall–Kier alpha value is -0.890. The summed E-state index contributed by atoms with van der Waals surface area (Å²) in [6.07, 6.45) is 4.13. The highest BCUT2D eigenvalue weighted by molar-refractivity contribution is 5.05. The predicted molar refractivity (Wildman–Crippen MR) is 45.6 cm³/mol. The van der Waals surface area contributed by atoms with Crippen LogP contribution >= 0.6 is 0 Å². The summed E-state index contributed by atoms with van der Waals surface area (Å²) in [5.74, 6) is -0.767. The molecule has 4 heteroatoms. The van der Waals surface area contributed by atoms with Gasteiger partial charge < -0.3 is 14.2 Å². The molecule has 1 heterocycles. The Morgan fingerprint density at radius 1 is 1.62 bits per heavy atom. The molecule has 0 bridgehead atoms. The largest absolute Gasteiger partial charge is 0.352 e. The zero-order chi connectivity index (χ0) is 9.73. The summed E-state index contributed by atoms with van der Waals surface area (Å²) in [5.41, 5.74) is 0. The fourth-order valence-corrected chi connectivity index (χ4v) is 1.22. The van der Waals surface area contributed by atoms with Crippen LogP contribution in [0.3, 0.4) is 0 Å². The van der Waals surface area contributed by atoms with Gasteiger partial charge >= 0.3 is 0 Å². The third-order valence-corrected chi connectivity index (χ3v) is 1.99. The molecule has 13 heavy (non-hydrogen) atoms. The summed E-state index contributed by atoms with van der Waals surface area (Å²) >= 11 is 0. The first-order chi connectivity index (χ1) is 6.26. The van der Waals surface area contributed by atoms with Crippen molar-refractivity contribution in [2.24, 2.45) is 0 Å². The summed E-state index contributed by atoms with van der Waals surface area (Å²) in [6.45, 7) is 0. The van der Waals surface area contributed by atoms with Crippen LogP contribution in [0.25, 0.3) is 0 Å². The molecule has 0 saturated carbocycles. The van der Waals surface area contributed by atoms with Crippen molar-refractivity contribution in [3.63, 3.8) is 0 Å². The van der Waals surface area contributed by atoms with Crippen molar-refractivity contribution in [2.45, 2.75) is 24.9 Å². The third-order valence-electron chi connectivity index (χ3n) is 1.99. The van der Waals surface area contributed by atoms with Crippen molar-refractivity contribution in [1.29, 1.82) is 5.26 Å². The van der Waals surface area contributed by atoms with Gasteiger partial charge in [-0.1, -0.05) is 0 Å². The van der Waals surface area contributed by atoms with Crippen molar-refractivity contribution < 1.29 is 14.2 Å². The topological polar surface area (TPSA) is 51.5 Å². The Morgan fingerprint density at radius 2 is 2.38 bits per heavy atom. The van der Waals surface area contributed by atoms with Crippen LogP contribution in [0.15, 0.2) is 12.2 Å². The number of ether oxygens (including phenoxy) is 3. The molecule has 0 aromatic heterocycles. The van der Waals surface area contributed by atoms with E-state index in [0.29, 0.717) is 12.8 Å². The minimum atomic E-state index is -0.767. The van der Waals surface area contributed by atoms with Gasteiger partial charge in [-0.05, 0) is 12.2 Å². The Bertz CT molecular complexity index is 234. The lowest BCUT2D eigenvalue weighted by Gasteiger charge is -2.25. The molecule has 0 unspecified atom stereocenters. The average molecular weight is 183 g/mol. The van der Waals surface area contributed by atoms with Crippen LogP contribution in [0.4, 0.5) is 0 Å². The number of hydrogen-bond acceptors (Lipinski definition) is 4. The van der Waals surface area contributed by atoms with Gasteiger partial charge in [0.05, 0.1) is 6.07 Å². The van der Waals surface area contributed by atoms with Crippen molar-refractivity contribution in [3.8, 4) is 6.07 Å². The van der Waals surface area contributed by atoms with Crippen molar-refractivity contribution >= 4 is 0 Å². The minimum absolute atomic E-state index is 0.362. The molecule has 0 N–H and O–H groups in total. The van der Waals surface area contributed by atoms with E-state index in [1.54, 1.807) is 26.4 Å². The summed E-state index contributed by atoms with van der Waals surface area (Å²) in [6, 6.07) is 2.05. The first-order valence-corrected chi connectivity index (χ1v) is 4.08. The molecule has 0 aliphatic carbocycles. The molecule has 0 spiro atoms. The molecular formula is C9H13NO3. The summed E-state index contributed by atoms with van der Waals surface area (Å²) in [7, 11) is 3.12. The molecular weight excluding hydrogens is 170 g/mol. The van der Waals surface area contributed by atoms with E-state index in [1.165, 1.54) is 0 Å². The molecule has 0 saturated heterocycles. The molecule has 0 fully saturated rings. The van der Waals surface area contributed by atoms with Crippen LogP contribution in [-0.2, 0) is 14.2 Å². The predicted octanol–water partition coefficient (Wildman–Crippen LogP) is 1.19. The molecule has 2 atom stereocenters. The molecule has 72 valence electrons. The van der Waals surface area contributed by atoms with Crippen LogP contribution in [0, 0.1) is 11.3 Å². The van der Waals surface area contributed by atoms with Crippen LogP contribution in [-0.4, -0.2) is 26.3 Å². The van der Waals surface area contributed by atoms with E-state index in [0.717, 1.165) is 0 Å². The van der Waals surface area contributed by atoms with E-state index in [4.69, 9.17) is 19.5 Å². The SMILES string of the molecule is CO[C@H]1C=C[C@](CCC#N)(OC)O1. The lowest BCUT2D eigenvalue weighted by molar-refractivity contribution is -0.244. The second-order valence-corrected chi connectivity index (χ2v) is 2.76. The highest BCUT2D eigenvalue weighted by Crippen LogP contribution is 2.28. The number of methoxy groups -OCH3 is 2. The van der Waals surface area contributed by atoms with Crippen molar-refractivity contribution in [2.75, 3.05) is 14.2 Å². The Morgan fingerprint density at radius 3 is 2.85 bits per heavy atom. The van der Waals surface area contributed by atoms with Gasteiger partial charge in [-0.2, -0.15) is 5.26 Å². The maximum absolute atomic E-state index is 8.44. The Labute approximate surface area is 77.7 Å². The Balaban J connectivity index is 2.54. The highest BCUT2D eigenvalue weighted by Gasteiger charge is 2.35. The monoisotopic (exact) mass is 183 g/mol. The molecule has 1 aliphatic rings. The van der Waals surface area contributed by atoms with Gasteiger partial charge in [0.2, 0.25) is 0 Å². The van der Waals surface area contributed by atoms with E-state index in [2.05, 4.69) is 6.07 Å². The zero-order valence-electron chi connectivity index (χ0n) is 7.82. The van der Waals surface area contributed by atoms with Gasteiger partial charge in [-0.3, -0.25) is 0 Å². The molecule has 1 rings (SSSR count). The smallest absolute Gasteiger partial charge is 0.191 e. The standard InChI is InChI=1S/C9H13NO3/c1-11-8-4-6-9(12-2,13-8)5-3-7-10/h4,6,8H,3,5H2,1-2H3/t8-,9-/m1/s1. The lowest BCUT2D eigenvalue weighted by Crippen LogP contribution is -2.32. The molecule has 0 aromatic rings. The Kier molecular flexibility index (Phi) is 3.43. The molecule has 4 nitrogen and oxygen atoms in total. The quantitative estimate of drug-likeness (QED) is 0.614. The van der Waals surface area contributed by atoms with Gasteiger partial charge in [0.15, 0.2) is 12.1 Å². The average Bonchev–Trinajstić information content (AvgIpc) is 2.59. The number of hydrogen-bond donors (Lipinski definition) is 0. The first-order valence-electron chi connectivity index (χ1n) is 4.08. The summed E-state index contributed by atoms with van der Waals surface area (Å²) in [5, 5.41) is 8.44. The molecule has 1 aliphatic heterocycles. The van der Waals surface area contributed by atoms with Gasteiger partial charge in [0.1, 0.15) is 0 Å². The zero-order valence-corrected chi connectivity index (χ0v) is 7.82. The van der Waals surface area contributed by atoms with Crippen LogP contribution in [0.2, 0.25) is 0 Å². The molecule has 0 radical (unpaired) electrons. The lowest BCUT2D eigenvalue weighted by atomic mass is 10.1. The molecule has 0 amide bonds. The number of nitriles is 1. The normalized spacial score (nSPS) is 31.9. The first kappa shape index (κ1) is 10.2. The van der Waals surface area contributed by atoms with E-state index in [-0.39, 0.29) is 6.29 Å². The van der Waals surface area contributed by atoms with E-state index < -0.39 is 5.79 Å².